The summed E-state index contributed by atoms with van der Waals surface area (Å²) in [4.78, 5) is 0. The Balaban J connectivity index is 1.98. The highest BCUT2D eigenvalue weighted by Gasteiger charge is 2.09. The van der Waals surface area contributed by atoms with E-state index in [2.05, 4.69) is 5.16 Å². The van der Waals surface area contributed by atoms with E-state index in [9.17, 15) is 0 Å². The number of hydrogen-bond acceptors (Lipinski definition) is 4. The van der Waals surface area contributed by atoms with Gasteiger partial charge in [-0.15, -0.1) is 0 Å². The molecule has 4 nitrogen and oxygen atoms in total. The average molecular weight is 247 g/mol. The first-order valence-corrected chi connectivity index (χ1v) is 5.98. The van der Waals surface area contributed by atoms with Crippen molar-refractivity contribution >= 4 is 0 Å². The fourth-order valence-corrected chi connectivity index (χ4v) is 1.66. The predicted molar refractivity (Wildman–Crippen MR) is 67.9 cm³/mol. The molecular weight excluding hydrogens is 230 g/mol. The van der Waals surface area contributed by atoms with Crippen molar-refractivity contribution < 1.29 is 14.0 Å². The summed E-state index contributed by atoms with van der Waals surface area (Å²) >= 11 is 0. The molecule has 0 saturated heterocycles. The lowest BCUT2D eigenvalue weighted by atomic mass is 10.2. The van der Waals surface area contributed by atoms with Gasteiger partial charge in [0.05, 0.1) is 17.9 Å². The minimum absolute atomic E-state index is 0.467. The molecule has 1 aromatic heterocycles. The average Bonchev–Trinajstić information content (AvgIpc) is 2.69. The first-order valence-electron chi connectivity index (χ1n) is 5.98. The first-order chi connectivity index (χ1) is 8.70. The van der Waals surface area contributed by atoms with Crippen molar-refractivity contribution in [3.05, 3.63) is 41.3 Å². The lowest BCUT2D eigenvalue weighted by Gasteiger charge is -2.07. The number of benzene rings is 1. The Morgan fingerprint density at radius 2 is 1.67 bits per heavy atom. The third-order valence-corrected chi connectivity index (χ3v) is 2.70. The Hall–Kier alpha value is -1.97. The number of ether oxygens (including phenoxy) is 2. The van der Waals surface area contributed by atoms with Gasteiger partial charge in [-0.3, -0.25) is 0 Å². The second-order valence-corrected chi connectivity index (χ2v) is 4.00. The van der Waals surface area contributed by atoms with Crippen LogP contribution >= 0.6 is 0 Å². The summed E-state index contributed by atoms with van der Waals surface area (Å²) in [5, 5.41) is 3.89. The van der Waals surface area contributed by atoms with Crippen LogP contribution in [0.4, 0.5) is 0 Å². The van der Waals surface area contributed by atoms with Crippen molar-refractivity contribution in [1.29, 1.82) is 0 Å². The third kappa shape index (κ3) is 2.83. The molecule has 0 atom stereocenters. The van der Waals surface area contributed by atoms with Gasteiger partial charge in [0.1, 0.15) is 23.9 Å². The molecule has 0 unspecified atom stereocenters. The van der Waals surface area contributed by atoms with E-state index in [0.29, 0.717) is 13.2 Å². The molecule has 0 saturated carbocycles. The van der Waals surface area contributed by atoms with Gasteiger partial charge >= 0.3 is 0 Å². The van der Waals surface area contributed by atoms with Crippen molar-refractivity contribution in [1.82, 2.24) is 5.16 Å². The zero-order chi connectivity index (χ0) is 13.0. The number of aryl methyl sites for hydroxylation is 2. The molecule has 0 aliphatic carbocycles. The van der Waals surface area contributed by atoms with E-state index in [1.165, 1.54) is 0 Å². The van der Waals surface area contributed by atoms with Crippen LogP contribution in [0, 0.1) is 13.8 Å². The normalized spacial score (nSPS) is 10.4. The van der Waals surface area contributed by atoms with Crippen LogP contribution in [-0.2, 0) is 6.61 Å². The highest BCUT2D eigenvalue weighted by Crippen LogP contribution is 2.20. The van der Waals surface area contributed by atoms with Crippen molar-refractivity contribution in [2.24, 2.45) is 0 Å². The van der Waals surface area contributed by atoms with Gasteiger partial charge in [-0.1, -0.05) is 5.16 Å². The second kappa shape index (κ2) is 5.58. The lowest BCUT2D eigenvalue weighted by Crippen LogP contribution is -1.98. The minimum atomic E-state index is 0.467. The molecule has 0 spiro atoms. The first kappa shape index (κ1) is 12.5. The molecule has 0 fully saturated rings. The molecule has 96 valence electrons. The molecule has 0 aliphatic rings. The second-order valence-electron chi connectivity index (χ2n) is 4.00. The number of rotatable bonds is 5. The summed E-state index contributed by atoms with van der Waals surface area (Å²) in [7, 11) is 0. The van der Waals surface area contributed by atoms with Crippen LogP contribution in [0.25, 0.3) is 0 Å². The Morgan fingerprint density at radius 1 is 1.06 bits per heavy atom. The van der Waals surface area contributed by atoms with E-state index >= 15 is 0 Å². The Kier molecular flexibility index (Phi) is 3.87. The maximum absolute atomic E-state index is 5.69. The molecule has 2 aromatic rings. The fourth-order valence-electron chi connectivity index (χ4n) is 1.66. The highest BCUT2D eigenvalue weighted by molar-refractivity contribution is 5.31. The topological polar surface area (TPSA) is 44.5 Å². The summed E-state index contributed by atoms with van der Waals surface area (Å²) in [6.07, 6.45) is 0. The fraction of sp³-hybridized carbons (Fsp3) is 0.357. The van der Waals surface area contributed by atoms with E-state index in [-0.39, 0.29) is 0 Å². The van der Waals surface area contributed by atoms with Gasteiger partial charge in [0.25, 0.3) is 0 Å². The Morgan fingerprint density at radius 3 is 2.17 bits per heavy atom. The standard InChI is InChI=1S/C14H17NO3/c1-4-16-12-5-7-13(8-6-12)17-9-14-10(2)15-18-11(14)3/h5-8H,4,9H2,1-3H3. The molecule has 1 aromatic carbocycles. The molecule has 0 radical (unpaired) electrons. The third-order valence-electron chi connectivity index (χ3n) is 2.70. The maximum Gasteiger partial charge on any atom is 0.140 e. The van der Waals surface area contributed by atoms with Crippen molar-refractivity contribution in [3.8, 4) is 11.5 Å². The van der Waals surface area contributed by atoms with Crippen LogP contribution in [0.15, 0.2) is 28.8 Å². The van der Waals surface area contributed by atoms with Crippen LogP contribution in [0.2, 0.25) is 0 Å². The van der Waals surface area contributed by atoms with Gasteiger partial charge in [-0.2, -0.15) is 0 Å². The van der Waals surface area contributed by atoms with Crippen molar-refractivity contribution in [3.63, 3.8) is 0 Å². The summed E-state index contributed by atoms with van der Waals surface area (Å²) in [5.41, 5.74) is 1.88. The monoisotopic (exact) mass is 247 g/mol. The molecule has 1 heterocycles. The van der Waals surface area contributed by atoms with Crippen molar-refractivity contribution in [2.75, 3.05) is 6.61 Å². The quantitative estimate of drug-likeness (QED) is 0.813. The number of aromatic nitrogens is 1. The number of hydrogen-bond donors (Lipinski definition) is 0. The van der Waals surface area contributed by atoms with E-state index in [1.54, 1.807) is 0 Å². The van der Waals surface area contributed by atoms with Gasteiger partial charge in [0, 0.05) is 0 Å². The van der Waals surface area contributed by atoms with Gasteiger partial charge < -0.3 is 14.0 Å². The molecule has 2 rings (SSSR count). The SMILES string of the molecule is CCOc1ccc(OCc2c(C)noc2C)cc1. The molecule has 0 N–H and O–H groups in total. The summed E-state index contributed by atoms with van der Waals surface area (Å²) in [6, 6.07) is 7.57. The van der Waals surface area contributed by atoms with Crippen LogP contribution in [0.5, 0.6) is 11.5 Å². The summed E-state index contributed by atoms with van der Waals surface area (Å²) < 4.78 is 16.1. The lowest BCUT2D eigenvalue weighted by molar-refractivity contribution is 0.300. The van der Waals surface area contributed by atoms with E-state index < -0.39 is 0 Å². The Labute approximate surface area is 107 Å². The maximum atomic E-state index is 5.69. The number of nitrogens with zero attached hydrogens (tertiary/aromatic N) is 1. The summed E-state index contributed by atoms with van der Waals surface area (Å²) in [6.45, 7) is 6.89. The van der Waals surface area contributed by atoms with Gasteiger partial charge in [-0.05, 0) is 45.0 Å². The van der Waals surface area contributed by atoms with Crippen molar-refractivity contribution in [2.45, 2.75) is 27.4 Å². The highest BCUT2D eigenvalue weighted by atomic mass is 16.5. The predicted octanol–water partition coefficient (Wildman–Crippen LogP) is 3.27. The van der Waals surface area contributed by atoms with Crippen LogP contribution in [0.3, 0.4) is 0 Å². The van der Waals surface area contributed by atoms with E-state index in [0.717, 1.165) is 28.5 Å². The largest absolute Gasteiger partial charge is 0.494 e. The molecule has 4 heteroatoms. The van der Waals surface area contributed by atoms with Crippen LogP contribution in [0.1, 0.15) is 23.9 Å². The van der Waals surface area contributed by atoms with E-state index in [1.807, 2.05) is 45.0 Å². The van der Waals surface area contributed by atoms with Gasteiger partial charge in [0.15, 0.2) is 0 Å². The van der Waals surface area contributed by atoms with Crippen LogP contribution < -0.4 is 9.47 Å². The van der Waals surface area contributed by atoms with Crippen LogP contribution in [-0.4, -0.2) is 11.8 Å². The zero-order valence-electron chi connectivity index (χ0n) is 10.9. The zero-order valence-corrected chi connectivity index (χ0v) is 10.9. The van der Waals surface area contributed by atoms with E-state index in [4.69, 9.17) is 14.0 Å². The summed E-state index contributed by atoms with van der Waals surface area (Å²) in [5.74, 6) is 2.46. The molecule has 0 amide bonds. The van der Waals surface area contributed by atoms with Gasteiger partial charge in [0.2, 0.25) is 0 Å². The van der Waals surface area contributed by atoms with Gasteiger partial charge in [-0.25, -0.2) is 0 Å². The molecular formula is C14H17NO3. The smallest absolute Gasteiger partial charge is 0.140 e. The molecule has 0 aliphatic heterocycles. The molecule has 0 bridgehead atoms. The Bertz CT molecular complexity index is 483. The minimum Gasteiger partial charge on any atom is -0.494 e. The molecule has 18 heavy (non-hydrogen) atoms.